The maximum absolute atomic E-state index is 12.6. The van der Waals surface area contributed by atoms with Crippen molar-refractivity contribution in [1.82, 2.24) is 15.1 Å². The van der Waals surface area contributed by atoms with Crippen LogP contribution in [-0.4, -0.2) is 54.4 Å². The largest absolute Gasteiger partial charge is 0.497 e. The van der Waals surface area contributed by atoms with Gasteiger partial charge in [0.1, 0.15) is 5.75 Å². The van der Waals surface area contributed by atoms with E-state index >= 15 is 0 Å². The predicted molar refractivity (Wildman–Crippen MR) is 123 cm³/mol. The second kappa shape index (κ2) is 9.04. The van der Waals surface area contributed by atoms with Gasteiger partial charge < -0.3 is 19.9 Å². The number of aromatic nitrogens is 2. The van der Waals surface area contributed by atoms with E-state index in [0.717, 1.165) is 28.5 Å². The fraction of sp³-hybridized carbons (Fsp3) is 0.292. The molecule has 1 aliphatic heterocycles. The quantitative estimate of drug-likeness (QED) is 0.691. The maximum Gasteiger partial charge on any atom is 0.321 e. The molecule has 160 valence electrons. The number of rotatable bonds is 4. The molecule has 1 saturated heterocycles. The van der Waals surface area contributed by atoms with Crippen LogP contribution in [0, 0.1) is 13.8 Å². The fourth-order valence-corrected chi connectivity index (χ4v) is 3.75. The van der Waals surface area contributed by atoms with Crippen molar-refractivity contribution in [3.8, 4) is 17.0 Å². The van der Waals surface area contributed by atoms with Crippen molar-refractivity contribution >= 4 is 17.5 Å². The van der Waals surface area contributed by atoms with Crippen molar-refractivity contribution in [2.45, 2.75) is 13.8 Å². The summed E-state index contributed by atoms with van der Waals surface area (Å²) in [5, 5.41) is 11.8. The van der Waals surface area contributed by atoms with Crippen LogP contribution in [0.15, 0.2) is 54.6 Å². The molecule has 3 aromatic rings. The Morgan fingerprint density at radius 1 is 0.935 bits per heavy atom. The Bertz CT molecular complexity index is 1040. The lowest BCUT2D eigenvalue weighted by atomic mass is 10.0. The molecule has 0 bridgehead atoms. The maximum atomic E-state index is 12.6. The van der Waals surface area contributed by atoms with Crippen molar-refractivity contribution < 1.29 is 9.53 Å². The SMILES string of the molecule is COc1ccc(NC(=O)N2CCN(c3ccc(-c4ccc(C)cc4C)nn3)CC2)cc1. The highest BCUT2D eigenvalue weighted by Crippen LogP contribution is 2.23. The number of nitrogens with zero attached hydrogens (tertiary/aromatic N) is 4. The Morgan fingerprint density at radius 2 is 1.68 bits per heavy atom. The third kappa shape index (κ3) is 4.77. The van der Waals surface area contributed by atoms with Crippen molar-refractivity contribution in [3.05, 3.63) is 65.7 Å². The smallest absolute Gasteiger partial charge is 0.321 e. The first kappa shape index (κ1) is 20.7. The Hall–Kier alpha value is -3.61. The number of carbonyl (C=O) groups excluding carboxylic acids is 1. The van der Waals surface area contributed by atoms with Crippen molar-refractivity contribution in [3.63, 3.8) is 0 Å². The van der Waals surface area contributed by atoms with E-state index in [1.807, 2.05) is 41.3 Å². The highest BCUT2D eigenvalue weighted by atomic mass is 16.5. The standard InChI is InChI=1S/C24H27N5O2/c1-17-4-9-21(18(2)16-17)22-10-11-23(27-26-22)28-12-14-29(15-13-28)24(30)25-19-5-7-20(31-3)8-6-19/h4-11,16H,12-15H2,1-3H3,(H,25,30). The number of aryl methyl sites for hydroxylation is 2. The molecule has 0 aliphatic carbocycles. The number of carbonyl (C=O) groups is 1. The van der Waals surface area contributed by atoms with Gasteiger partial charge >= 0.3 is 6.03 Å². The molecule has 7 heteroatoms. The third-order valence-electron chi connectivity index (χ3n) is 5.54. The molecule has 0 unspecified atom stereocenters. The summed E-state index contributed by atoms with van der Waals surface area (Å²) in [6.45, 7) is 6.86. The van der Waals surface area contributed by atoms with Gasteiger partial charge in [-0.1, -0.05) is 23.8 Å². The Morgan fingerprint density at radius 3 is 2.29 bits per heavy atom. The molecule has 0 atom stereocenters. The summed E-state index contributed by atoms with van der Waals surface area (Å²) in [6, 6.07) is 17.6. The lowest BCUT2D eigenvalue weighted by molar-refractivity contribution is 0.208. The fourth-order valence-electron chi connectivity index (χ4n) is 3.75. The molecule has 2 heterocycles. The number of benzene rings is 2. The summed E-state index contributed by atoms with van der Waals surface area (Å²) in [4.78, 5) is 16.5. The Balaban J connectivity index is 1.34. The zero-order valence-electron chi connectivity index (χ0n) is 18.1. The number of ether oxygens (including phenoxy) is 1. The van der Waals surface area contributed by atoms with E-state index < -0.39 is 0 Å². The molecule has 1 fully saturated rings. The number of hydrogen-bond donors (Lipinski definition) is 1. The number of nitrogens with one attached hydrogen (secondary N) is 1. The highest BCUT2D eigenvalue weighted by molar-refractivity contribution is 5.89. The first-order valence-electron chi connectivity index (χ1n) is 10.4. The molecule has 0 radical (unpaired) electrons. The topological polar surface area (TPSA) is 70.6 Å². The Kier molecular flexibility index (Phi) is 6.02. The van der Waals surface area contributed by atoms with E-state index in [-0.39, 0.29) is 6.03 Å². The summed E-state index contributed by atoms with van der Waals surface area (Å²) >= 11 is 0. The number of hydrogen-bond acceptors (Lipinski definition) is 5. The van der Waals surface area contributed by atoms with E-state index in [0.29, 0.717) is 26.2 Å². The zero-order valence-corrected chi connectivity index (χ0v) is 18.1. The predicted octanol–water partition coefficient (Wildman–Crippen LogP) is 4.12. The van der Waals surface area contributed by atoms with Crippen LogP contribution in [0.1, 0.15) is 11.1 Å². The first-order valence-corrected chi connectivity index (χ1v) is 10.4. The molecule has 2 aromatic carbocycles. The number of methoxy groups -OCH3 is 1. The molecular formula is C24H27N5O2. The first-order chi connectivity index (χ1) is 15.0. The van der Waals surface area contributed by atoms with Crippen LogP contribution in [0.2, 0.25) is 0 Å². The summed E-state index contributed by atoms with van der Waals surface area (Å²) in [6.07, 6.45) is 0. The van der Waals surface area contributed by atoms with Crippen molar-refractivity contribution in [1.29, 1.82) is 0 Å². The van der Waals surface area contributed by atoms with Gasteiger partial charge in [-0.3, -0.25) is 0 Å². The van der Waals surface area contributed by atoms with Crippen LogP contribution < -0.4 is 15.0 Å². The third-order valence-corrected chi connectivity index (χ3v) is 5.54. The molecule has 0 saturated carbocycles. The molecule has 7 nitrogen and oxygen atoms in total. The Labute approximate surface area is 182 Å². The summed E-state index contributed by atoms with van der Waals surface area (Å²) < 4.78 is 5.15. The van der Waals surface area contributed by atoms with Crippen LogP contribution in [0.5, 0.6) is 5.75 Å². The van der Waals surface area contributed by atoms with Crippen LogP contribution >= 0.6 is 0 Å². The van der Waals surface area contributed by atoms with Gasteiger partial charge in [0, 0.05) is 37.4 Å². The minimum absolute atomic E-state index is 0.0962. The van der Waals surface area contributed by atoms with E-state index in [4.69, 9.17) is 4.74 Å². The van der Waals surface area contributed by atoms with E-state index in [2.05, 4.69) is 52.5 Å². The number of piperazine rings is 1. The van der Waals surface area contributed by atoms with Crippen LogP contribution in [0.3, 0.4) is 0 Å². The average molecular weight is 418 g/mol. The normalized spacial score (nSPS) is 13.8. The lowest BCUT2D eigenvalue weighted by Gasteiger charge is -2.35. The van der Waals surface area contributed by atoms with Gasteiger partial charge in [0.05, 0.1) is 12.8 Å². The summed E-state index contributed by atoms with van der Waals surface area (Å²) in [5.41, 5.74) is 5.16. The van der Waals surface area contributed by atoms with E-state index in [9.17, 15) is 4.79 Å². The number of anilines is 2. The summed E-state index contributed by atoms with van der Waals surface area (Å²) in [5.74, 6) is 1.60. The molecule has 0 spiro atoms. The minimum Gasteiger partial charge on any atom is -0.497 e. The van der Waals surface area contributed by atoms with Gasteiger partial charge in [-0.15, -0.1) is 10.2 Å². The van der Waals surface area contributed by atoms with Crippen LogP contribution in [0.4, 0.5) is 16.3 Å². The van der Waals surface area contributed by atoms with Crippen molar-refractivity contribution in [2.24, 2.45) is 0 Å². The van der Waals surface area contributed by atoms with E-state index in [1.54, 1.807) is 7.11 Å². The van der Waals surface area contributed by atoms with Crippen LogP contribution in [0.25, 0.3) is 11.3 Å². The van der Waals surface area contributed by atoms with Crippen LogP contribution in [-0.2, 0) is 0 Å². The van der Waals surface area contributed by atoms with Gasteiger partial charge in [0.15, 0.2) is 5.82 Å². The molecule has 1 N–H and O–H groups in total. The molecule has 2 amide bonds. The van der Waals surface area contributed by atoms with Gasteiger partial charge in [-0.25, -0.2) is 4.79 Å². The van der Waals surface area contributed by atoms with Gasteiger partial charge in [-0.05, 0) is 55.8 Å². The molecule has 1 aliphatic rings. The molecule has 4 rings (SSSR count). The minimum atomic E-state index is -0.0962. The summed E-state index contributed by atoms with van der Waals surface area (Å²) in [7, 11) is 1.62. The molecular weight excluding hydrogens is 390 g/mol. The number of urea groups is 1. The molecule has 31 heavy (non-hydrogen) atoms. The second-order valence-electron chi connectivity index (χ2n) is 7.73. The van der Waals surface area contributed by atoms with Crippen molar-refractivity contribution in [2.75, 3.05) is 43.5 Å². The lowest BCUT2D eigenvalue weighted by Crippen LogP contribution is -2.50. The number of amides is 2. The highest BCUT2D eigenvalue weighted by Gasteiger charge is 2.22. The monoisotopic (exact) mass is 417 g/mol. The molecule has 1 aromatic heterocycles. The van der Waals surface area contributed by atoms with Gasteiger partial charge in [-0.2, -0.15) is 0 Å². The van der Waals surface area contributed by atoms with Gasteiger partial charge in [0.25, 0.3) is 0 Å². The zero-order chi connectivity index (χ0) is 21.8. The average Bonchev–Trinajstić information content (AvgIpc) is 2.80. The second-order valence-corrected chi connectivity index (χ2v) is 7.73. The van der Waals surface area contributed by atoms with E-state index in [1.165, 1.54) is 11.1 Å². The van der Waals surface area contributed by atoms with Gasteiger partial charge in [0.2, 0.25) is 0 Å².